The van der Waals surface area contributed by atoms with Crippen molar-refractivity contribution in [2.24, 2.45) is 0 Å². The van der Waals surface area contributed by atoms with Gasteiger partial charge in [0.2, 0.25) is 0 Å². The quantitative estimate of drug-likeness (QED) is 0.630. The van der Waals surface area contributed by atoms with Crippen molar-refractivity contribution in [3.63, 3.8) is 0 Å². The molecule has 2 aromatic rings. The Balaban J connectivity index is 2.73. The van der Waals surface area contributed by atoms with Crippen LogP contribution in [-0.2, 0) is 6.42 Å². The maximum Gasteiger partial charge on any atom is 0.170 e. The van der Waals surface area contributed by atoms with Crippen LogP contribution in [-0.4, -0.2) is 0 Å². The molecule has 0 atom stereocenters. The lowest BCUT2D eigenvalue weighted by Gasteiger charge is -1.97. The van der Waals surface area contributed by atoms with Crippen molar-refractivity contribution in [2.75, 3.05) is 0 Å². The molecule has 0 N–H and O–H groups in total. The van der Waals surface area contributed by atoms with E-state index in [9.17, 15) is 4.39 Å². The van der Waals surface area contributed by atoms with Crippen LogP contribution in [0.15, 0.2) is 22.6 Å². The van der Waals surface area contributed by atoms with E-state index in [2.05, 4.69) is 6.26 Å². The molecule has 0 fully saturated rings. The van der Waals surface area contributed by atoms with E-state index in [1.165, 1.54) is 6.07 Å². The highest BCUT2D eigenvalue weighted by Crippen LogP contribution is 2.19. The molecule has 0 aliphatic heterocycles. The molecule has 1 aromatic heterocycles. The van der Waals surface area contributed by atoms with Gasteiger partial charge in [-0.05, 0) is 30.2 Å². The SMILES string of the molecule is CCc1cc2o[c]cc2cc1F. The maximum absolute atomic E-state index is 13.1. The van der Waals surface area contributed by atoms with Crippen LogP contribution in [0.2, 0.25) is 0 Å². The zero-order chi connectivity index (χ0) is 8.55. The van der Waals surface area contributed by atoms with Gasteiger partial charge in [0.1, 0.15) is 11.4 Å². The Kier molecular flexibility index (Phi) is 1.61. The van der Waals surface area contributed by atoms with E-state index in [0.29, 0.717) is 17.6 Å². The number of fused-ring (bicyclic) bond motifs is 1. The smallest absolute Gasteiger partial charge is 0.170 e. The molecule has 2 heteroatoms. The van der Waals surface area contributed by atoms with Crippen LogP contribution in [0.4, 0.5) is 4.39 Å². The molecule has 2 rings (SSSR count). The van der Waals surface area contributed by atoms with Crippen LogP contribution in [0.3, 0.4) is 0 Å². The summed E-state index contributed by atoms with van der Waals surface area (Å²) in [6.45, 7) is 1.91. The predicted molar refractivity (Wildman–Crippen MR) is 44.4 cm³/mol. The number of furan rings is 1. The first-order chi connectivity index (χ1) is 5.81. The van der Waals surface area contributed by atoms with E-state index >= 15 is 0 Å². The Morgan fingerprint density at radius 2 is 2.33 bits per heavy atom. The lowest BCUT2D eigenvalue weighted by molar-refractivity contribution is 0.596. The lowest BCUT2D eigenvalue weighted by atomic mass is 10.1. The number of benzene rings is 1. The predicted octanol–water partition coefficient (Wildman–Crippen LogP) is 2.93. The molecule has 0 aliphatic rings. The molecule has 0 bridgehead atoms. The Bertz CT molecular complexity index is 403. The van der Waals surface area contributed by atoms with Crippen molar-refractivity contribution in [1.29, 1.82) is 0 Å². The summed E-state index contributed by atoms with van der Waals surface area (Å²) in [6, 6.07) is 4.84. The number of hydrogen-bond acceptors (Lipinski definition) is 1. The van der Waals surface area contributed by atoms with Crippen LogP contribution < -0.4 is 0 Å². The standard InChI is InChI=1S/C10H8FO/c1-2-7-6-10-8(3-4-12-10)5-9(7)11/h3,5-6H,2H2,1H3. The van der Waals surface area contributed by atoms with Crippen LogP contribution in [0.1, 0.15) is 12.5 Å². The zero-order valence-electron chi connectivity index (χ0n) is 6.73. The normalized spacial score (nSPS) is 10.8. The monoisotopic (exact) mass is 163 g/mol. The molecule has 1 aromatic carbocycles. The minimum Gasteiger partial charge on any atom is -0.453 e. The largest absolute Gasteiger partial charge is 0.453 e. The molecule has 61 valence electrons. The van der Waals surface area contributed by atoms with Crippen molar-refractivity contribution in [2.45, 2.75) is 13.3 Å². The molecule has 0 unspecified atom stereocenters. The summed E-state index contributed by atoms with van der Waals surface area (Å²) in [7, 11) is 0. The van der Waals surface area contributed by atoms with E-state index in [-0.39, 0.29) is 5.82 Å². The lowest BCUT2D eigenvalue weighted by Crippen LogP contribution is -1.85. The number of halogens is 1. The van der Waals surface area contributed by atoms with E-state index in [4.69, 9.17) is 4.42 Å². The summed E-state index contributed by atoms with van der Waals surface area (Å²) < 4.78 is 18.2. The zero-order valence-corrected chi connectivity index (χ0v) is 6.73. The molecule has 0 spiro atoms. The Morgan fingerprint density at radius 3 is 3.08 bits per heavy atom. The molecule has 0 amide bonds. The van der Waals surface area contributed by atoms with Gasteiger partial charge in [-0.15, -0.1) is 0 Å². The fraction of sp³-hybridized carbons (Fsp3) is 0.200. The van der Waals surface area contributed by atoms with Crippen LogP contribution in [0.25, 0.3) is 11.0 Å². The van der Waals surface area contributed by atoms with Crippen LogP contribution >= 0.6 is 0 Å². The van der Waals surface area contributed by atoms with Gasteiger partial charge in [0.05, 0.1) is 0 Å². The minimum atomic E-state index is -0.167. The molecular weight excluding hydrogens is 155 g/mol. The molecule has 0 saturated heterocycles. The fourth-order valence-electron chi connectivity index (χ4n) is 1.24. The summed E-state index contributed by atoms with van der Waals surface area (Å²) in [5.41, 5.74) is 1.39. The summed E-state index contributed by atoms with van der Waals surface area (Å²) in [5, 5.41) is 0.768. The van der Waals surface area contributed by atoms with Gasteiger partial charge in [0.15, 0.2) is 6.26 Å². The van der Waals surface area contributed by atoms with Gasteiger partial charge in [0.25, 0.3) is 0 Å². The summed E-state index contributed by atoms with van der Waals surface area (Å²) in [5.74, 6) is -0.167. The Labute approximate surface area is 69.8 Å². The second-order valence-electron chi connectivity index (χ2n) is 2.70. The van der Waals surface area contributed by atoms with E-state index in [0.717, 1.165) is 5.39 Å². The van der Waals surface area contributed by atoms with E-state index < -0.39 is 0 Å². The average molecular weight is 163 g/mol. The van der Waals surface area contributed by atoms with Gasteiger partial charge in [-0.3, -0.25) is 0 Å². The van der Waals surface area contributed by atoms with Crippen LogP contribution in [0.5, 0.6) is 0 Å². The molecule has 1 heterocycles. The molecule has 0 saturated carbocycles. The number of aryl methyl sites for hydroxylation is 1. The van der Waals surface area contributed by atoms with Gasteiger partial charge in [-0.2, -0.15) is 0 Å². The topological polar surface area (TPSA) is 13.1 Å². The highest BCUT2D eigenvalue weighted by molar-refractivity contribution is 5.77. The van der Waals surface area contributed by atoms with E-state index in [1.54, 1.807) is 12.1 Å². The van der Waals surface area contributed by atoms with Crippen molar-refractivity contribution < 1.29 is 8.81 Å². The second-order valence-corrected chi connectivity index (χ2v) is 2.70. The van der Waals surface area contributed by atoms with Crippen molar-refractivity contribution in [3.8, 4) is 0 Å². The third kappa shape index (κ3) is 0.998. The molecule has 0 aliphatic carbocycles. The Morgan fingerprint density at radius 1 is 1.50 bits per heavy atom. The second kappa shape index (κ2) is 2.63. The summed E-state index contributed by atoms with van der Waals surface area (Å²) in [4.78, 5) is 0. The first-order valence-electron chi connectivity index (χ1n) is 3.89. The van der Waals surface area contributed by atoms with Gasteiger partial charge in [-0.1, -0.05) is 6.92 Å². The molecular formula is C10H8FO. The van der Waals surface area contributed by atoms with Gasteiger partial charge >= 0.3 is 0 Å². The first-order valence-corrected chi connectivity index (χ1v) is 3.89. The van der Waals surface area contributed by atoms with Gasteiger partial charge in [-0.25, -0.2) is 4.39 Å². The number of rotatable bonds is 1. The maximum atomic E-state index is 13.1. The minimum absolute atomic E-state index is 0.167. The number of hydrogen-bond donors (Lipinski definition) is 0. The summed E-state index contributed by atoms with van der Waals surface area (Å²) >= 11 is 0. The van der Waals surface area contributed by atoms with Crippen molar-refractivity contribution in [1.82, 2.24) is 0 Å². The van der Waals surface area contributed by atoms with E-state index in [1.807, 2.05) is 6.92 Å². The van der Waals surface area contributed by atoms with Crippen molar-refractivity contribution >= 4 is 11.0 Å². The van der Waals surface area contributed by atoms with Crippen LogP contribution in [0, 0.1) is 12.1 Å². The first kappa shape index (κ1) is 7.35. The molecule has 1 radical (unpaired) electrons. The summed E-state index contributed by atoms with van der Waals surface area (Å²) in [6.07, 6.45) is 3.26. The highest BCUT2D eigenvalue weighted by Gasteiger charge is 2.04. The fourth-order valence-corrected chi connectivity index (χ4v) is 1.24. The average Bonchev–Trinajstić information content (AvgIpc) is 2.49. The van der Waals surface area contributed by atoms with Gasteiger partial charge in [0, 0.05) is 5.39 Å². The third-order valence-electron chi connectivity index (χ3n) is 1.94. The van der Waals surface area contributed by atoms with Gasteiger partial charge < -0.3 is 4.42 Å². The molecule has 12 heavy (non-hydrogen) atoms. The third-order valence-corrected chi connectivity index (χ3v) is 1.94. The van der Waals surface area contributed by atoms with Crippen molar-refractivity contribution in [3.05, 3.63) is 35.8 Å². The highest BCUT2D eigenvalue weighted by atomic mass is 19.1. The molecule has 1 nitrogen and oxygen atoms in total. The Hall–Kier alpha value is -1.31.